The molecule has 0 bridgehead atoms. The molecule has 2 heterocycles. The lowest BCUT2D eigenvalue weighted by atomic mass is 10.00. The van der Waals surface area contributed by atoms with Crippen molar-refractivity contribution >= 4 is 21.9 Å². The Morgan fingerprint density at radius 2 is 1.87 bits per heavy atom. The fourth-order valence-electron chi connectivity index (χ4n) is 3.76. The number of pyridine rings is 2. The van der Waals surface area contributed by atoms with Gasteiger partial charge < -0.3 is 0 Å². The molecule has 4 nitrogen and oxygen atoms in total. The standard InChI is InChI=1S/C26H33N3OS/c1-18(11-14-28-31(30)26(2,3)4)15-23-9-7-22-16-20(8-10-24(22)29-23)21-12-13-27-25(17-21)19-5-6-19/h7-10,12-13,16-19,28H,5-6,11,14-15H2,1-4H3. The zero-order valence-electron chi connectivity index (χ0n) is 19.0. The van der Waals surface area contributed by atoms with E-state index in [4.69, 9.17) is 4.98 Å². The van der Waals surface area contributed by atoms with Crippen molar-refractivity contribution in [3.05, 3.63) is 60.0 Å². The van der Waals surface area contributed by atoms with Crippen LogP contribution in [0, 0.1) is 5.92 Å². The van der Waals surface area contributed by atoms with Crippen molar-refractivity contribution in [2.45, 2.75) is 64.0 Å². The maximum atomic E-state index is 12.1. The Bertz CT molecular complexity index is 1090. The molecule has 1 aliphatic carbocycles. The molecule has 1 N–H and O–H groups in total. The predicted octanol–water partition coefficient (Wildman–Crippen LogP) is 5.79. The summed E-state index contributed by atoms with van der Waals surface area (Å²) in [5.41, 5.74) is 5.83. The summed E-state index contributed by atoms with van der Waals surface area (Å²) in [5, 5.41) is 1.17. The largest absolute Gasteiger partial charge is 0.261 e. The third kappa shape index (κ3) is 5.78. The molecule has 31 heavy (non-hydrogen) atoms. The summed E-state index contributed by atoms with van der Waals surface area (Å²) in [4.78, 5) is 9.43. The first kappa shape index (κ1) is 22.1. The number of rotatable bonds is 8. The summed E-state index contributed by atoms with van der Waals surface area (Å²) in [7, 11) is -1.01. The van der Waals surface area contributed by atoms with Crippen molar-refractivity contribution in [2.24, 2.45) is 5.92 Å². The van der Waals surface area contributed by atoms with Crippen LogP contribution in [0.25, 0.3) is 22.0 Å². The minimum Gasteiger partial charge on any atom is -0.261 e. The van der Waals surface area contributed by atoms with Crippen molar-refractivity contribution < 1.29 is 4.21 Å². The Balaban J connectivity index is 1.40. The summed E-state index contributed by atoms with van der Waals surface area (Å²) in [6, 6.07) is 15.2. The first-order valence-electron chi connectivity index (χ1n) is 11.3. The predicted molar refractivity (Wildman–Crippen MR) is 130 cm³/mol. The summed E-state index contributed by atoms with van der Waals surface area (Å²) < 4.78 is 15.0. The highest BCUT2D eigenvalue weighted by Gasteiger charge is 2.25. The summed E-state index contributed by atoms with van der Waals surface area (Å²) in [5.74, 6) is 1.14. The minimum absolute atomic E-state index is 0.224. The van der Waals surface area contributed by atoms with Gasteiger partial charge in [0.2, 0.25) is 0 Å². The smallest absolute Gasteiger partial charge is 0.0970 e. The Kier molecular flexibility index (Phi) is 6.54. The van der Waals surface area contributed by atoms with E-state index in [0.717, 1.165) is 30.6 Å². The number of hydrogen-bond donors (Lipinski definition) is 1. The summed E-state index contributed by atoms with van der Waals surface area (Å²) >= 11 is 0. The normalized spacial score (nSPS) is 16.4. The number of benzene rings is 1. The van der Waals surface area contributed by atoms with Gasteiger partial charge in [-0.2, -0.15) is 0 Å². The van der Waals surface area contributed by atoms with E-state index < -0.39 is 11.0 Å². The fourth-order valence-corrected chi connectivity index (χ4v) is 4.50. The van der Waals surface area contributed by atoms with Crippen LogP contribution in [0.15, 0.2) is 48.7 Å². The number of fused-ring (bicyclic) bond motifs is 1. The van der Waals surface area contributed by atoms with Gasteiger partial charge in [0.25, 0.3) is 0 Å². The van der Waals surface area contributed by atoms with Crippen LogP contribution < -0.4 is 4.72 Å². The van der Waals surface area contributed by atoms with Crippen LogP contribution >= 0.6 is 0 Å². The molecule has 1 saturated carbocycles. The molecule has 1 aliphatic rings. The van der Waals surface area contributed by atoms with Crippen LogP contribution in [0.2, 0.25) is 0 Å². The van der Waals surface area contributed by atoms with Crippen molar-refractivity contribution in [1.82, 2.24) is 14.7 Å². The van der Waals surface area contributed by atoms with E-state index in [2.05, 4.69) is 59.1 Å². The van der Waals surface area contributed by atoms with E-state index in [1.807, 2.05) is 27.0 Å². The average Bonchev–Trinajstić information content (AvgIpc) is 3.58. The van der Waals surface area contributed by atoms with Crippen molar-refractivity contribution in [2.75, 3.05) is 6.54 Å². The summed E-state index contributed by atoms with van der Waals surface area (Å²) in [6.45, 7) is 8.97. The molecule has 4 rings (SSSR count). The highest BCUT2D eigenvalue weighted by Crippen LogP contribution is 2.40. The molecule has 0 saturated heterocycles. The van der Waals surface area contributed by atoms with Gasteiger partial charge >= 0.3 is 0 Å². The second-order valence-corrected chi connectivity index (χ2v) is 11.9. The molecule has 164 valence electrons. The average molecular weight is 436 g/mol. The van der Waals surface area contributed by atoms with E-state index >= 15 is 0 Å². The SMILES string of the molecule is CC(CCNS(=O)C(C)(C)C)Cc1ccc2cc(-c3ccnc(C4CC4)c3)ccc2n1. The molecule has 0 aliphatic heterocycles. The van der Waals surface area contributed by atoms with Gasteiger partial charge in [-0.1, -0.05) is 19.1 Å². The first-order valence-corrected chi connectivity index (χ1v) is 12.5. The molecule has 0 amide bonds. The highest BCUT2D eigenvalue weighted by atomic mass is 32.2. The number of hydrogen-bond acceptors (Lipinski definition) is 3. The molecule has 0 spiro atoms. The van der Waals surface area contributed by atoms with Crippen molar-refractivity contribution in [1.29, 1.82) is 0 Å². The zero-order chi connectivity index (χ0) is 22.0. The molecular weight excluding hydrogens is 402 g/mol. The lowest BCUT2D eigenvalue weighted by molar-refractivity contribution is 0.519. The third-order valence-electron chi connectivity index (χ3n) is 5.84. The highest BCUT2D eigenvalue weighted by molar-refractivity contribution is 7.84. The Morgan fingerprint density at radius 3 is 2.61 bits per heavy atom. The molecule has 3 aromatic rings. The number of nitrogens with one attached hydrogen (secondary N) is 1. The van der Waals surface area contributed by atoms with Crippen LogP contribution in [0.5, 0.6) is 0 Å². The molecule has 0 radical (unpaired) electrons. The van der Waals surface area contributed by atoms with Gasteiger partial charge in [-0.3, -0.25) is 9.97 Å². The maximum absolute atomic E-state index is 12.1. The van der Waals surface area contributed by atoms with E-state index in [0.29, 0.717) is 11.8 Å². The van der Waals surface area contributed by atoms with Gasteiger partial charge in [0.15, 0.2) is 0 Å². The van der Waals surface area contributed by atoms with Gasteiger partial charge in [0.1, 0.15) is 0 Å². The third-order valence-corrected chi connectivity index (χ3v) is 7.42. The topological polar surface area (TPSA) is 54.9 Å². The molecule has 5 heteroatoms. The summed E-state index contributed by atoms with van der Waals surface area (Å²) in [6.07, 6.45) is 6.37. The monoisotopic (exact) mass is 435 g/mol. The Hall–Kier alpha value is -2.11. The van der Waals surface area contributed by atoms with Gasteiger partial charge in [-0.05, 0) is 93.8 Å². The minimum atomic E-state index is -1.01. The van der Waals surface area contributed by atoms with Crippen molar-refractivity contribution in [3.8, 4) is 11.1 Å². The van der Waals surface area contributed by atoms with E-state index in [-0.39, 0.29) is 4.75 Å². The van der Waals surface area contributed by atoms with Crippen LogP contribution in [0.3, 0.4) is 0 Å². The molecule has 1 aromatic carbocycles. The van der Waals surface area contributed by atoms with Gasteiger partial charge in [0.05, 0.1) is 21.2 Å². The second-order valence-electron chi connectivity index (χ2n) is 9.83. The number of nitrogens with zero attached hydrogens (tertiary/aromatic N) is 2. The quantitative estimate of drug-likeness (QED) is 0.487. The van der Waals surface area contributed by atoms with E-state index in [1.165, 1.54) is 35.0 Å². The van der Waals surface area contributed by atoms with E-state index in [9.17, 15) is 4.21 Å². The van der Waals surface area contributed by atoms with Crippen molar-refractivity contribution in [3.63, 3.8) is 0 Å². The van der Waals surface area contributed by atoms with Gasteiger partial charge in [-0.15, -0.1) is 0 Å². The number of aromatic nitrogens is 2. The first-order chi connectivity index (χ1) is 14.8. The van der Waals surface area contributed by atoms with Gasteiger partial charge in [-0.25, -0.2) is 8.93 Å². The maximum Gasteiger partial charge on any atom is 0.0970 e. The Labute approximate surface area is 188 Å². The second kappa shape index (κ2) is 9.17. The van der Waals surface area contributed by atoms with Crippen LogP contribution in [0.4, 0.5) is 0 Å². The molecular formula is C26H33N3OS. The van der Waals surface area contributed by atoms with Crippen LogP contribution in [0.1, 0.15) is 64.3 Å². The molecule has 1 fully saturated rings. The zero-order valence-corrected chi connectivity index (χ0v) is 19.8. The lowest BCUT2D eigenvalue weighted by Gasteiger charge is -2.19. The Morgan fingerprint density at radius 1 is 1.10 bits per heavy atom. The lowest BCUT2D eigenvalue weighted by Crippen LogP contribution is -2.34. The molecule has 2 aromatic heterocycles. The molecule has 2 unspecified atom stereocenters. The molecule has 2 atom stereocenters. The van der Waals surface area contributed by atoms with Crippen LogP contribution in [-0.4, -0.2) is 25.5 Å². The van der Waals surface area contributed by atoms with E-state index in [1.54, 1.807) is 0 Å². The van der Waals surface area contributed by atoms with Gasteiger partial charge in [0, 0.05) is 35.4 Å². The van der Waals surface area contributed by atoms with Crippen LogP contribution in [-0.2, 0) is 17.4 Å². The fraction of sp³-hybridized carbons (Fsp3) is 0.462.